The number of carbonyl (C=O) groups excluding carboxylic acids is 1. The van der Waals surface area contributed by atoms with Crippen LogP contribution in [0.1, 0.15) is 10.4 Å². The van der Waals surface area contributed by atoms with Gasteiger partial charge in [0.1, 0.15) is 17.1 Å². The molecule has 0 atom stereocenters. The molecule has 1 aromatic carbocycles. The smallest absolute Gasteiger partial charge is 0.345 e. The van der Waals surface area contributed by atoms with Crippen LogP contribution in [0.25, 0.3) is 22.3 Å². The van der Waals surface area contributed by atoms with Crippen LogP contribution < -0.4 is 15.7 Å². The number of aromatic amines is 1. The molecule has 7 heteroatoms. The summed E-state index contributed by atoms with van der Waals surface area (Å²) in [6.45, 7) is 0. The first kappa shape index (κ1) is 16.5. The summed E-state index contributed by atoms with van der Waals surface area (Å²) in [6.07, 6.45) is 4.31. The molecule has 4 rings (SSSR count). The highest BCUT2D eigenvalue weighted by atomic mass is 16.5. The van der Waals surface area contributed by atoms with Crippen molar-refractivity contribution in [3.05, 3.63) is 93.3 Å². The Morgan fingerprint density at radius 2 is 1.89 bits per heavy atom. The Morgan fingerprint density at radius 3 is 2.63 bits per heavy atom. The van der Waals surface area contributed by atoms with E-state index in [1.807, 2.05) is 0 Å². The second kappa shape index (κ2) is 6.72. The van der Waals surface area contributed by atoms with Crippen LogP contribution in [0, 0.1) is 0 Å². The summed E-state index contributed by atoms with van der Waals surface area (Å²) in [5.74, 6) is 0.128. The molecule has 0 radical (unpaired) electrons. The van der Waals surface area contributed by atoms with E-state index in [1.54, 1.807) is 42.6 Å². The first-order valence-corrected chi connectivity index (χ1v) is 7.99. The summed E-state index contributed by atoms with van der Waals surface area (Å²) in [4.78, 5) is 42.0. The Morgan fingerprint density at radius 1 is 1.07 bits per heavy atom. The minimum absolute atomic E-state index is 0.202. The summed E-state index contributed by atoms with van der Waals surface area (Å²) in [7, 11) is 0. The third-order valence-corrected chi connectivity index (χ3v) is 3.88. The van der Waals surface area contributed by atoms with Gasteiger partial charge in [0.05, 0.1) is 10.9 Å². The lowest BCUT2D eigenvalue weighted by molar-refractivity contribution is 0.0734. The second-order valence-corrected chi connectivity index (χ2v) is 5.71. The maximum atomic E-state index is 12.2. The van der Waals surface area contributed by atoms with Crippen LogP contribution in [-0.2, 0) is 0 Å². The highest BCUT2D eigenvalue weighted by molar-refractivity contribution is 5.90. The first-order valence-electron chi connectivity index (χ1n) is 7.99. The highest BCUT2D eigenvalue weighted by Crippen LogP contribution is 2.24. The third-order valence-electron chi connectivity index (χ3n) is 3.88. The largest absolute Gasteiger partial charge is 0.456 e. The van der Waals surface area contributed by atoms with Crippen LogP contribution >= 0.6 is 0 Å². The molecule has 0 aliphatic rings. The van der Waals surface area contributed by atoms with E-state index < -0.39 is 5.97 Å². The van der Waals surface area contributed by atoms with E-state index in [2.05, 4.69) is 9.97 Å². The molecular weight excluding hydrogens is 348 g/mol. The van der Waals surface area contributed by atoms with Gasteiger partial charge in [0, 0.05) is 36.3 Å². The van der Waals surface area contributed by atoms with Crippen molar-refractivity contribution in [2.45, 2.75) is 0 Å². The molecular formula is C20H12N2O5. The Labute approximate surface area is 151 Å². The standard InChI is InChI=1S/C20H12N2O5/c23-16-8-17(27-18-9-19(24)22-11-15(16)18)12-3-5-14(6-4-12)26-20(25)13-2-1-7-21-10-13/h1-11H,(H,22,24). The molecule has 132 valence electrons. The number of benzene rings is 1. The molecule has 0 amide bonds. The minimum Gasteiger partial charge on any atom is -0.456 e. The molecule has 0 spiro atoms. The Balaban J connectivity index is 1.62. The molecule has 0 fully saturated rings. The fraction of sp³-hybridized carbons (Fsp3) is 0. The van der Waals surface area contributed by atoms with Gasteiger partial charge in [-0.15, -0.1) is 0 Å². The number of fused-ring (bicyclic) bond motifs is 1. The van der Waals surface area contributed by atoms with E-state index in [1.165, 1.54) is 24.5 Å². The maximum Gasteiger partial charge on any atom is 0.345 e. The van der Waals surface area contributed by atoms with Crippen molar-refractivity contribution in [1.29, 1.82) is 0 Å². The predicted octanol–water partition coefficient (Wildman–Crippen LogP) is 2.76. The number of carbonyl (C=O) groups is 1. The number of hydrogen-bond acceptors (Lipinski definition) is 6. The van der Waals surface area contributed by atoms with Crippen molar-refractivity contribution in [3.63, 3.8) is 0 Å². The zero-order valence-electron chi connectivity index (χ0n) is 13.8. The molecule has 0 saturated carbocycles. The number of hydrogen-bond donors (Lipinski definition) is 1. The van der Waals surface area contributed by atoms with Gasteiger partial charge >= 0.3 is 5.97 Å². The van der Waals surface area contributed by atoms with Gasteiger partial charge in [-0.25, -0.2) is 4.79 Å². The predicted molar refractivity (Wildman–Crippen MR) is 97.7 cm³/mol. The number of rotatable bonds is 3. The van der Waals surface area contributed by atoms with Crippen molar-refractivity contribution >= 4 is 16.9 Å². The number of pyridine rings is 2. The average molecular weight is 360 g/mol. The first-order chi connectivity index (χ1) is 13.1. The van der Waals surface area contributed by atoms with E-state index in [0.29, 0.717) is 28.0 Å². The fourth-order valence-corrected chi connectivity index (χ4v) is 2.55. The number of esters is 1. The van der Waals surface area contributed by atoms with E-state index in [4.69, 9.17) is 9.15 Å². The number of ether oxygens (including phenoxy) is 1. The lowest BCUT2D eigenvalue weighted by Crippen LogP contribution is -2.08. The number of H-pyrrole nitrogens is 1. The molecule has 0 aliphatic heterocycles. The van der Waals surface area contributed by atoms with Crippen LogP contribution in [-0.4, -0.2) is 15.9 Å². The number of aromatic nitrogens is 2. The third kappa shape index (κ3) is 3.38. The second-order valence-electron chi connectivity index (χ2n) is 5.71. The quantitative estimate of drug-likeness (QED) is 0.445. The lowest BCUT2D eigenvalue weighted by atomic mass is 10.1. The molecule has 0 saturated heterocycles. The van der Waals surface area contributed by atoms with E-state index in [-0.39, 0.29) is 16.6 Å². The molecule has 3 aromatic heterocycles. The highest BCUT2D eigenvalue weighted by Gasteiger charge is 2.10. The normalized spacial score (nSPS) is 10.7. The van der Waals surface area contributed by atoms with Crippen LogP contribution in [0.5, 0.6) is 5.75 Å². The van der Waals surface area contributed by atoms with Crippen LogP contribution in [0.2, 0.25) is 0 Å². The summed E-state index contributed by atoms with van der Waals surface area (Å²) in [5.41, 5.74) is 0.520. The lowest BCUT2D eigenvalue weighted by Gasteiger charge is -2.06. The molecule has 3 heterocycles. The summed E-state index contributed by atoms with van der Waals surface area (Å²) in [5, 5.41) is 0.292. The van der Waals surface area contributed by atoms with Gasteiger partial charge in [-0.2, -0.15) is 0 Å². The molecule has 0 aliphatic carbocycles. The zero-order chi connectivity index (χ0) is 18.8. The van der Waals surface area contributed by atoms with E-state index in [9.17, 15) is 14.4 Å². The Kier molecular flexibility index (Phi) is 4.10. The van der Waals surface area contributed by atoms with Crippen LogP contribution in [0.3, 0.4) is 0 Å². The number of nitrogens with one attached hydrogen (secondary N) is 1. The molecule has 7 nitrogen and oxygen atoms in total. The monoisotopic (exact) mass is 360 g/mol. The van der Waals surface area contributed by atoms with Gasteiger partial charge in [0.25, 0.3) is 5.56 Å². The Hall–Kier alpha value is -4.00. The van der Waals surface area contributed by atoms with Gasteiger partial charge in [0.15, 0.2) is 5.43 Å². The van der Waals surface area contributed by atoms with Gasteiger partial charge in [-0.1, -0.05) is 0 Å². The molecule has 27 heavy (non-hydrogen) atoms. The van der Waals surface area contributed by atoms with Crippen molar-refractivity contribution < 1.29 is 13.9 Å². The summed E-state index contributed by atoms with van der Waals surface area (Å²) >= 11 is 0. The van der Waals surface area contributed by atoms with Crippen LogP contribution in [0.15, 0.2) is 81.1 Å². The molecule has 0 unspecified atom stereocenters. The van der Waals surface area contributed by atoms with Gasteiger partial charge in [-0.3, -0.25) is 14.6 Å². The van der Waals surface area contributed by atoms with Crippen molar-refractivity contribution in [2.24, 2.45) is 0 Å². The van der Waals surface area contributed by atoms with Crippen molar-refractivity contribution in [2.75, 3.05) is 0 Å². The van der Waals surface area contributed by atoms with Gasteiger partial charge in [-0.05, 0) is 36.4 Å². The zero-order valence-corrected chi connectivity index (χ0v) is 13.8. The summed E-state index contributed by atoms with van der Waals surface area (Å²) in [6, 6.07) is 12.3. The van der Waals surface area contributed by atoms with Crippen molar-refractivity contribution in [3.8, 4) is 17.1 Å². The minimum atomic E-state index is -0.521. The van der Waals surface area contributed by atoms with Gasteiger partial charge < -0.3 is 14.1 Å². The van der Waals surface area contributed by atoms with Crippen molar-refractivity contribution in [1.82, 2.24) is 9.97 Å². The molecule has 0 bridgehead atoms. The van der Waals surface area contributed by atoms with E-state index in [0.717, 1.165) is 0 Å². The average Bonchev–Trinajstić information content (AvgIpc) is 2.69. The molecule has 1 N–H and O–H groups in total. The molecule has 4 aromatic rings. The topological polar surface area (TPSA) is 102 Å². The SMILES string of the molecule is O=C(Oc1ccc(-c2cc(=O)c3c[nH]c(=O)cc3o2)cc1)c1cccnc1. The summed E-state index contributed by atoms with van der Waals surface area (Å²) < 4.78 is 10.9. The fourth-order valence-electron chi connectivity index (χ4n) is 2.55. The Bertz CT molecular complexity index is 1240. The number of nitrogens with zero attached hydrogens (tertiary/aromatic N) is 1. The maximum absolute atomic E-state index is 12.2. The van der Waals surface area contributed by atoms with Crippen LogP contribution in [0.4, 0.5) is 0 Å². The van der Waals surface area contributed by atoms with E-state index >= 15 is 0 Å². The van der Waals surface area contributed by atoms with Gasteiger partial charge in [0.2, 0.25) is 0 Å².